The van der Waals surface area contributed by atoms with Gasteiger partial charge in [-0.05, 0) is 37.0 Å². The Bertz CT molecular complexity index is 466. The molecule has 0 spiro atoms. The van der Waals surface area contributed by atoms with Crippen molar-refractivity contribution in [3.8, 4) is 11.5 Å². The van der Waals surface area contributed by atoms with E-state index in [2.05, 4.69) is 0 Å². The average Bonchev–Trinajstić information content (AvgIpc) is 2.98. The number of hydrogen-bond donors (Lipinski definition) is 3. The van der Waals surface area contributed by atoms with E-state index in [1.165, 1.54) is 13.2 Å². The molecule has 1 saturated carbocycles. The van der Waals surface area contributed by atoms with Crippen LogP contribution in [0.1, 0.15) is 28.8 Å². The van der Waals surface area contributed by atoms with Crippen LogP contribution in [0.25, 0.3) is 0 Å². The van der Waals surface area contributed by atoms with Crippen molar-refractivity contribution in [1.82, 2.24) is 0 Å². The van der Waals surface area contributed by atoms with Crippen molar-refractivity contribution in [3.63, 3.8) is 0 Å². The molecule has 1 aliphatic carbocycles. The molecule has 5 nitrogen and oxygen atoms in total. The van der Waals surface area contributed by atoms with Crippen LogP contribution in [0.15, 0.2) is 12.1 Å². The van der Waals surface area contributed by atoms with Gasteiger partial charge in [0.15, 0.2) is 11.5 Å². The number of benzene rings is 1. The van der Waals surface area contributed by atoms with Crippen LogP contribution in [0.3, 0.4) is 0 Å². The molecule has 2 rings (SSSR count). The van der Waals surface area contributed by atoms with E-state index in [9.17, 15) is 9.90 Å². The minimum atomic E-state index is -1.18. The molecule has 5 heteroatoms. The van der Waals surface area contributed by atoms with E-state index < -0.39 is 5.97 Å². The van der Waals surface area contributed by atoms with Gasteiger partial charge in [-0.2, -0.15) is 0 Å². The lowest BCUT2D eigenvalue weighted by atomic mass is 10.0. The van der Waals surface area contributed by atoms with Gasteiger partial charge in [-0.15, -0.1) is 0 Å². The minimum absolute atomic E-state index is 0.149. The van der Waals surface area contributed by atoms with Gasteiger partial charge in [0.25, 0.3) is 0 Å². The van der Waals surface area contributed by atoms with E-state index in [-0.39, 0.29) is 22.6 Å². The number of nitrogens with two attached hydrogens (primary N) is 1. The fourth-order valence-electron chi connectivity index (χ4n) is 1.83. The monoisotopic (exact) mass is 237 g/mol. The maximum atomic E-state index is 11.0. The van der Waals surface area contributed by atoms with Crippen LogP contribution in [0.2, 0.25) is 0 Å². The molecule has 92 valence electrons. The van der Waals surface area contributed by atoms with Gasteiger partial charge in [0.05, 0.1) is 7.11 Å². The Balaban J connectivity index is 2.39. The summed E-state index contributed by atoms with van der Waals surface area (Å²) in [6.07, 6.45) is 2.49. The summed E-state index contributed by atoms with van der Waals surface area (Å²) in [5, 5.41) is 18.6. The van der Waals surface area contributed by atoms with Crippen molar-refractivity contribution in [2.75, 3.05) is 7.11 Å². The van der Waals surface area contributed by atoms with E-state index >= 15 is 0 Å². The number of aromatic hydroxyl groups is 1. The highest BCUT2D eigenvalue weighted by atomic mass is 16.5. The maximum absolute atomic E-state index is 11.0. The first-order valence-electron chi connectivity index (χ1n) is 5.37. The molecule has 1 aliphatic rings. The van der Waals surface area contributed by atoms with Crippen molar-refractivity contribution >= 4 is 5.97 Å². The van der Waals surface area contributed by atoms with Crippen LogP contribution in [0.5, 0.6) is 11.5 Å². The van der Waals surface area contributed by atoms with Crippen LogP contribution in [0, 0.1) is 0 Å². The summed E-state index contributed by atoms with van der Waals surface area (Å²) in [6, 6.07) is 3.09. The van der Waals surface area contributed by atoms with Gasteiger partial charge in [-0.1, -0.05) is 0 Å². The van der Waals surface area contributed by atoms with Crippen LogP contribution in [-0.2, 0) is 6.42 Å². The average molecular weight is 237 g/mol. The zero-order chi connectivity index (χ0) is 12.6. The summed E-state index contributed by atoms with van der Waals surface area (Å²) >= 11 is 0. The van der Waals surface area contributed by atoms with E-state index in [0.29, 0.717) is 6.42 Å². The summed E-state index contributed by atoms with van der Waals surface area (Å²) in [5.74, 6) is -1.35. The molecule has 0 saturated heterocycles. The van der Waals surface area contributed by atoms with E-state index in [4.69, 9.17) is 15.6 Å². The largest absolute Gasteiger partial charge is 0.504 e. The summed E-state index contributed by atoms with van der Waals surface area (Å²) < 4.78 is 4.96. The van der Waals surface area contributed by atoms with Crippen molar-refractivity contribution in [2.24, 2.45) is 5.73 Å². The second kappa shape index (κ2) is 3.92. The summed E-state index contributed by atoms with van der Waals surface area (Å²) in [6.45, 7) is 0. The number of ether oxygens (including phenoxy) is 1. The van der Waals surface area contributed by atoms with Crippen molar-refractivity contribution in [1.29, 1.82) is 0 Å². The van der Waals surface area contributed by atoms with E-state index in [1.807, 2.05) is 0 Å². The highest BCUT2D eigenvalue weighted by Gasteiger charge is 2.38. The quantitative estimate of drug-likeness (QED) is 0.730. The molecule has 0 bridgehead atoms. The van der Waals surface area contributed by atoms with Crippen LogP contribution < -0.4 is 10.5 Å². The second-order valence-corrected chi connectivity index (χ2v) is 4.54. The molecule has 0 radical (unpaired) electrons. The molecular weight excluding hydrogens is 222 g/mol. The van der Waals surface area contributed by atoms with Gasteiger partial charge in [0.1, 0.15) is 5.56 Å². The molecule has 0 aromatic heterocycles. The molecule has 17 heavy (non-hydrogen) atoms. The Morgan fingerprint density at radius 2 is 2.18 bits per heavy atom. The molecule has 0 unspecified atom stereocenters. The zero-order valence-electron chi connectivity index (χ0n) is 9.56. The van der Waals surface area contributed by atoms with Gasteiger partial charge >= 0.3 is 5.97 Å². The van der Waals surface area contributed by atoms with Gasteiger partial charge in [0, 0.05) is 5.54 Å². The summed E-state index contributed by atoms with van der Waals surface area (Å²) in [7, 11) is 1.39. The predicted octanol–water partition coefficient (Wildman–Crippen LogP) is 1.13. The Labute approximate surface area is 98.8 Å². The number of carbonyl (C=O) groups is 1. The van der Waals surface area contributed by atoms with Crippen molar-refractivity contribution in [3.05, 3.63) is 23.3 Å². The van der Waals surface area contributed by atoms with Gasteiger partial charge in [0.2, 0.25) is 0 Å². The predicted molar refractivity (Wildman–Crippen MR) is 61.5 cm³/mol. The highest BCUT2D eigenvalue weighted by Crippen LogP contribution is 2.38. The number of methoxy groups -OCH3 is 1. The van der Waals surface area contributed by atoms with Crippen LogP contribution >= 0.6 is 0 Å². The first-order valence-corrected chi connectivity index (χ1v) is 5.37. The molecule has 0 heterocycles. The standard InChI is InChI=1S/C12H15NO4/c1-17-9-5-7(6-12(13)2-3-12)4-8(10(9)14)11(15)16/h4-5,14H,2-3,6,13H2,1H3,(H,15,16). The number of carboxylic acids is 1. The first-order chi connectivity index (χ1) is 7.95. The number of rotatable bonds is 4. The SMILES string of the molecule is COc1cc(CC2(N)CC2)cc(C(=O)O)c1O. The smallest absolute Gasteiger partial charge is 0.339 e. The van der Waals surface area contributed by atoms with E-state index in [0.717, 1.165) is 18.4 Å². The molecule has 0 aliphatic heterocycles. The topological polar surface area (TPSA) is 92.8 Å². The lowest BCUT2D eigenvalue weighted by molar-refractivity contribution is 0.0693. The summed E-state index contributed by atoms with van der Waals surface area (Å²) in [5.41, 5.74) is 6.40. The lowest BCUT2D eigenvalue weighted by Crippen LogP contribution is -2.24. The Morgan fingerprint density at radius 3 is 2.65 bits per heavy atom. The Kier molecular flexibility index (Phi) is 2.71. The molecule has 0 atom stereocenters. The maximum Gasteiger partial charge on any atom is 0.339 e. The number of aromatic carboxylic acids is 1. The molecule has 0 amide bonds. The molecule has 1 aromatic carbocycles. The summed E-state index contributed by atoms with van der Waals surface area (Å²) in [4.78, 5) is 11.0. The fraction of sp³-hybridized carbons (Fsp3) is 0.417. The number of phenols is 1. The first kappa shape index (κ1) is 11.7. The fourth-order valence-corrected chi connectivity index (χ4v) is 1.83. The van der Waals surface area contributed by atoms with Gasteiger partial charge in [-0.25, -0.2) is 4.79 Å². The molecule has 1 aromatic rings. The number of hydrogen-bond acceptors (Lipinski definition) is 4. The molecule has 4 N–H and O–H groups in total. The highest BCUT2D eigenvalue weighted by molar-refractivity contribution is 5.92. The van der Waals surface area contributed by atoms with Gasteiger partial charge < -0.3 is 20.7 Å². The van der Waals surface area contributed by atoms with Crippen molar-refractivity contribution < 1.29 is 19.7 Å². The van der Waals surface area contributed by atoms with Crippen LogP contribution in [-0.4, -0.2) is 28.8 Å². The van der Waals surface area contributed by atoms with E-state index in [1.54, 1.807) is 6.07 Å². The lowest BCUT2D eigenvalue weighted by Gasteiger charge is -2.12. The Morgan fingerprint density at radius 1 is 1.53 bits per heavy atom. The number of carboxylic acid groups (broad SMARTS) is 1. The molecule has 1 fully saturated rings. The van der Waals surface area contributed by atoms with Gasteiger partial charge in [-0.3, -0.25) is 0 Å². The third kappa shape index (κ3) is 2.34. The zero-order valence-corrected chi connectivity index (χ0v) is 9.56. The van der Waals surface area contributed by atoms with Crippen LogP contribution in [0.4, 0.5) is 0 Å². The molecular formula is C12H15NO4. The normalized spacial score (nSPS) is 16.6. The van der Waals surface area contributed by atoms with Crippen molar-refractivity contribution in [2.45, 2.75) is 24.8 Å². The Hall–Kier alpha value is -1.75. The third-order valence-electron chi connectivity index (χ3n) is 3.03. The minimum Gasteiger partial charge on any atom is -0.504 e. The third-order valence-corrected chi connectivity index (χ3v) is 3.03. The second-order valence-electron chi connectivity index (χ2n) is 4.54.